The number of ketones is 2. The third-order valence-corrected chi connectivity index (χ3v) is 5.45. The van der Waals surface area contributed by atoms with Crippen molar-refractivity contribution in [3.8, 4) is 0 Å². The molecule has 2 saturated carbocycles. The smallest absolute Gasteiger partial charge is 0.139 e. The number of hydrogen-bond acceptors (Lipinski definition) is 3. The molecule has 4 unspecified atom stereocenters. The molecule has 0 aliphatic heterocycles. The number of rotatable bonds is 4. The minimum absolute atomic E-state index is 0.0166. The molecule has 19 heavy (non-hydrogen) atoms. The van der Waals surface area contributed by atoms with Crippen LogP contribution < -0.4 is 0 Å². The number of hydrogen-bond donors (Lipinski definition) is 1. The van der Waals surface area contributed by atoms with Crippen LogP contribution in [0, 0.1) is 17.3 Å². The number of fused-ring (bicyclic) bond motifs is 1. The normalized spacial score (nSPS) is 38.6. The third kappa shape index (κ3) is 2.37. The standard InChI is InChI=1S/C16H26O3/c1-3-13(17)11-7-5-9-16(14(18)4-2)10-6-8-12(16)15(11)19/h11-12,15,19H,3-10H2,1-2H3. The van der Waals surface area contributed by atoms with Crippen molar-refractivity contribution in [3.05, 3.63) is 0 Å². The molecule has 2 aliphatic carbocycles. The second-order valence-corrected chi connectivity index (χ2v) is 6.24. The van der Waals surface area contributed by atoms with Crippen LogP contribution in [-0.2, 0) is 9.59 Å². The van der Waals surface area contributed by atoms with Crippen molar-refractivity contribution in [3.63, 3.8) is 0 Å². The highest BCUT2D eigenvalue weighted by molar-refractivity contribution is 5.86. The highest BCUT2D eigenvalue weighted by Gasteiger charge is 2.53. The maximum atomic E-state index is 12.4. The van der Waals surface area contributed by atoms with E-state index in [0.29, 0.717) is 18.6 Å². The van der Waals surface area contributed by atoms with Gasteiger partial charge in [0.15, 0.2) is 0 Å². The van der Waals surface area contributed by atoms with E-state index in [1.807, 2.05) is 13.8 Å². The fraction of sp³-hybridized carbons (Fsp3) is 0.875. The van der Waals surface area contributed by atoms with Crippen molar-refractivity contribution in [2.75, 3.05) is 0 Å². The van der Waals surface area contributed by atoms with Crippen LogP contribution in [0.1, 0.15) is 65.2 Å². The van der Waals surface area contributed by atoms with Gasteiger partial charge >= 0.3 is 0 Å². The summed E-state index contributed by atoms with van der Waals surface area (Å²) < 4.78 is 0. The van der Waals surface area contributed by atoms with Crippen LogP contribution in [0.5, 0.6) is 0 Å². The van der Waals surface area contributed by atoms with Gasteiger partial charge in [0, 0.05) is 24.2 Å². The third-order valence-electron chi connectivity index (χ3n) is 5.45. The van der Waals surface area contributed by atoms with Gasteiger partial charge in [-0.05, 0) is 31.6 Å². The van der Waals surface area contributed by atoms with E-state index in [4.69, 9.17) is 0 Å². The number of aliphatic hydroxyl groups excluding tert-OH is 1. The molecule has 2 aliphatic rings. The molecule has 2 rings (SSSR count). The van der Waals surface area contributed by atoms with Crippen molar-refractivity contribution in [2.45, 2.75) is 71.3 Å². The van der Waals surface area contributed by atoms with Gasteiger partial charge in [0.1, 0.15) is 11.6 Å². The van der Waals surface area contributed by atoms with Gasteiger partial charge in [0.2, 0.25) is 0 Å². The van der Waals surface area contributed by atoms with E-state index in [1.54, 1.807) is 0 Å². The zero-order valence-electron chi connectivity index (χ0n) is 12.2. The summed E-state index contributed by atoms with van der Waals surface area (Å²) in [6.45, 7) is 3.78. The Morgan fingerprint density at radius 2 is 1.74 bits per heavy atom. The van der Waals surface area contributed by atoms with Crippen LogP contribution >= 0.6 is 0 Å². The van der Waals surface area contributed by atoms with Crippen LogP contribution in [0.2, 0.25) is 0 Å². The summed E-state index contributed by atoms with van der Waals surface area (Å²) in [5.41, 5.74) is -0.322. The molecule has 1 N–H and O–H groups in total. The van der Waals surface area contributed by atoms with Crippen molar-refractivity contribution < 1.29 is 14.7 Å². The average Bonchev–Trinajstić information content (AvgIpc) is 2.80. The van der Waals surface area contributed by atoms with E-state index in [1.165, 1.54) is 0 Å². The largest absolute Gasteiger partial charge is 0.392 e. The van der Waals surface area contributed by atoms with Crippen LogP contribution in [0.4, 0.5) is 0 Å². The van der Waals surface area contributed by atoms with Gasteiger partial charge in [0.25, 0.3) is 0 Å². The second-order valence-electron chi connectivity index (χ2n) is 6.24. The molecule has 0 amide bonds. The number of aliphatic hydroxyl groups is 1. The predicted molar refractivity (Wildman–Crippen MR) is 73.7 cm³/mol. The van der Waals surface area contributed by atoms with Gasteiger partial charge in [-0.1, -0.05) is 26.7 Å². The molecule has 0 bridgehead atoms. The Bertz CT molecular complexity index is 363. The molecule has 3 heteroatoms. The molecule has 0 saturated heterocycles. The lowest BCUT2D eigenvalue weighted by atomic mass is 9.68. The van der Waals surface area contributed by atoms with E-state index in [2.05, 4.69) is 0 Å². The highest BCUT2D eigenvalue weighted by Crippen LogP contribution is 2.53. The number of carbonyl (C=O) groups is 2. The Balaban J connectivity index is 2.29. The van der Waals surface area contributed by atoms with Gasteiger partial charge in [0.05, 0.1) is 6.10 Å². The van der Waals surface area contributed by atoms with E-state index in [0.717, 1.165) is 38.5 Å². The molecule has 108 valence electrons. The van der Waals surface area contributed by atoms with Crippen molar-refractivity contribution in [1.82, 2.24) is 0 Å². The Kier molecular flexibility index (Phi) is 4.44. The molecular formula is C16H26O3. The fourth-order valence-electron chi connectivity index (χ4n) is 4.45. The van der Waals surface area contributed by atoms with Crippen LogP contribution in [-0.4, -0.2) is 22.8 Å². The molecule has 0 aromatic rings. The summed E-state index contributed by atoms with van der Waals surface area (Å²) in [7, 11) is 0. The lowest BCUT2D eigenvalue weighted by Gasteiger charge is -2.36. The summed E-state index contributed by atoms with van der Waals surface area (Å²) in [6, 6.07) is 0. The van der Waals surface area contributed by atoms with Crippen molar-refractivity contribution in [2.24, 2.45) is 17.3 Å². The minimum atomic E-state index is -0.604. The summed E-state index contributed by atoms with van der Waals surface area (Å²) in [4.78, 5) is 24.4. The average molecular weight is 266 g/mol. The van der Waals surface area contributed by atoms with Crippen molar-refractivity contribution in [1.29, 1.82) is 0 Å². The van der Waals surface area contributed by atoms with E-state index < -0.39 is 6.10 Å². The zero-order chi connectivity index (χ0) is 14.0. The maximum absolute atomic E-state index is 12.4. The second kappa shape index (κ2) is 5.74. The summed E-state index contributed by atoms with van der Waals surface area (Å²) in [6.07, 6.45) is 5.79. The van der Waals surface area contributed by atoms with E-state index in [-0.39, 0.29) is 23.0 Å². The van der Waals surface area contributed by atoms with Gasteiger partial charge in [-0.15, -0.1) is 0 Å². The summed E-state index contributed by atoms with van der Waals surface area (Å²) in [5.74, 6) is 0.250. The topological polar surface area (TPSA) is 54.4 Å². The first kappa shape index (κ1) is 14.7. The number of carbonyl (C=O) groups excluding carboxylic acids is 2. The monoisotopic (exact) mass is 266 g/mol. The maximum Gasteiger partial charge on any atom is 0.139 e. The summed E-state index contributed by atoms with van der Waals surface area (Å²) >= 11 is 0. The first-order chi connectivity index (χ1) is 9.06. The molecular weight excluding hydrogens is 240 g/mol. The number of Topliss-reactive ketones (excluding diaryl/α,β-unsaturated/α-hetero) is 2. The zero-order valence-corrected chi connectivity index (χ0v) is 12.2. The first-order valence-corrected chi connectivity index (χ1v) is 7.81. The Labute approximate surface area is 115 Å². The predicted octanol–water partition coefficient (Wildman–Crippen LogP) is 2.89. The lowest BCUT2D eigenvalue weighted by molar-refractivity contribution is -0.137. The van der Waals surface area contributed by atoms with Gasteiger partial charge in [-0.3, -0.25) is 9.59 Å². The van der Waals surface area contributed by atoms with Crippen molar-refractivity contribution >= 4 is 11.6 Å². The van der Waals surface area contributed by atoms with Gasteiger partial charge in [-0.25, -0.2) is 0 Å². The molecule has 4 atom stereocenters. The van der Waals surface area contributed by atoms with Crippen LogP contribution in [0.15, 0.2) is 0 Å². The van der Waals surface area contributed by atoms with E-state index >= 15 is 0 Å². The molecule has 0 aromatic carbocycles. The molecule has 0 aromatic heterocycles. The summed E-state index contributed by atoms with van der Waals surface area (Å²) in [5, 5.41) is 10.7. The minimum Gasteiger partial charge on any atom is -0.392 e. The Morgan fingerprint density at radius 3 is 2.32 bits per heavy atom. The highest BCUT2D eigenvalue weighted by atomic mass is 16.3. The molecule has 0 spiro atoms. The quantitative estimate of drug-likeness (QED) is 0.851. The fourth-order valence-corrected chi connectivity index (χ4v) is 4.45. The van der Waals surface area contributed by atoms with E-state index in [9.17, 15) is 14.7 Å². The molecule has 2 fully saturated rings. The molecule has 3 nitrogen and oxygen atoms in total. The Morgan fingerprint density at radius 1 is 1.11 bits per heavy atom. The lowest BCUT2D eigenvalue weighted by Crippen LogP contribution is -2.42. The van der Waals surface area contributed by atoms with Crippen LogP contribution in [0.25, 0.3) is 0 Å². The molecule has 0 heterocycles. The van der Waals surface area contributed by atoms with Gasteiger partial charge in [-0.2, -0.15) is 0 Å². The first-order valence-electron chi connectivity index (χ1n) is 7.81. The van der Waals surface area contributed by atoms with Gasteiger partial charge < -0.3 is 5.11 Å². The van der Waals surface area contributed by atoms with Crippen LogP contribution in [0.3, 0.4) is 0 Å². The Hall–Kier alpha value is -0.700. The molecule has 0 radical (unpaired) electrons. The SMILES string of the molecule is CCC(=O)C1CCCC2(C(=O)CC)CCCC2C1O.